The number of benzene rings is 3. The van der Waals surface area contributed by atoms with Gasteiger partial charge in [-0.2, -0.15) is 0 Å². The van der Waals surface area contributed by atoms with Gasteiger partial charge in [0.15, 0.2) is 0 Å². The second-order valence-corrected chi connectivity index (χ2v) is 4.69. The number of hydrogen-bond donors (Lipinski definition) is 1. The second-order valence-electron chi connectivity index (χ2n) is 4.69. The molecule has 1 heteroatoms. The minimum absolute atomic E-state index is 0.886. The molecule has 0 bridgehead atoms. The van der Waals surface area contributed by atoms with E-state index in [0.717, 1.165) is 6.54 Å². The number of rotatable bonds is 3. The predicted molar refractivity (Wildman–Crippen MR) is 84.4 cm³/mol. The first-order valence-corrected chi connectivity index (χ1v) is 6.62. The predicted octanol–water partition coefficient (Wildman–Crippen LogP) is 4.23. The van der Waals surface area contributed by atoms with Crippen LogP contribution in [0.15, 0.2) is 60.7 Å². The highest BCUT2D eigenvalue weighted by atomic mass is 14.8. The molecule has 0 aliphatic rings. The van der Waals surface area contributed by atoms with Crippen molar-refractivity contribution in [3.63, 3.8) is 0 Å². The zero-order valence-corrected chi connectivity index (χ0v) is 11.1. The van der Waals surface area contributed by atoms with Crippen LogP contribution < -0.4 is 5.32 Å². The molecule has 0 heterocycles. The molecule has 3 aromatic carbocycles. The summed E-state index contributed by atoms with van der Waals surface area (Å²) in [6.45, 7) is 0.886. The zero-order valence-electron chi connectivity index (χ0n) is 11.1. The SMILES string of the molecule is CNCC=Cc1c2ccccc2cc2ccccc12. The molecular weight excluding hydrogens is 230 g/mol. The number of hydrogen-bond acceptors (Lipinski definition) is 1. The summed E-state index contributed by atoms with van der Waals surface area (Å²) in [5.41, 5.74) is 1.31. The van der Waals surface area contributed by atoms with Crippen LogP contribution in [-0.4, -0.2) is 13.6 Å². The van der Waals surface area contributed by atoms with Crippen molar-refractivity contribution in [2.45, 2.75) is 0 Å². The summed E-state index contributed by atoms with van der Waals surface area (Å²) < 4.78 is 0. The normalized spacial score (nSPS) is 11.6. The molecule has 3 aromatic rings. The molecule has 0 radical (unpaired) electrons. The molecule has 1 nitrogen and oxygen atoms in total. The molecule has 0 aromatic heterocycles. The zero-order chi connectivity index (χ0) is 13.1. The highest BCUT2D eigenvalue weighted by Crippen LogP contribution is 2.29. The molecule has 19 heavy (non-hydrogen) atoms. The lowest BCUT2D eigenvalue weighted by molar-refractivity contribution is 0.922. The maximum Gasteiger partial charge on any atom is 0.0135 e. The van der Waals surface area contributed by atoms with E-state index < -0.39 is 0 Å². The topological polar surface area (TPSA) is 12.0 Å². The Morgan fingerprint density at radius 3 is 2.05 bits per heavy atom. The lowest BCUT2D eigenvalue weighted by Crippen LogP contribution is -2.03. The van der Waals surface area contributed by atoms with Crippen molar-refractivity contribution < 1.29 is 0 Å². The molecule has 0 aliphatic heterocycles. The fourth-order valence-electron chi connectivity index (χ4n) is 2.52. The van der Waals surface area contributed by atoms with E-state index in [9.17, 15) is 0 Å². The lowest BCUT2D eigenvalue weighted by Gasteiger charge is -2.08. The molecular formula is C18H17N. The van der Waals surface area contributed by atoms with Gasteiger partial charge in [-0.05, 0) is 40.2 Å². The minimum Gasteiger partial charge on any atom is -0.316 e. The van der Waals surface area contributed by atoms with E-state index in [4.69, 9.17) is 0 Å². The van der Waals surface area contributed by atoms with Crippen LogP contribution in [0.25, 0.3) is 27.6 Å². The van der Waals surface area contributed by atoms with E-state index >= 15 is 0 Å². The van der Waals surface area contributed by atoms with E-state index in [2.05, 4.69) is 72.1 Å². The van der Waals surface area contributed by atoms with Gasteiger partial charge in [0.25, 0.3) is 0 Å². The van der Waals surface area contributed by atoms with Gasteiger partial charge in [0, 0.05) is 6.54 Å². The van der Waals surface area contributed by atoms with Crippen LogP contribution in [0.3, 0.4) is 0 Å². The van der Waals surface area contributed by atoms with Crippen molar-refractivity contribution in [3.8, 4) is 0 Å². The van der Waals surface area contributed by atoms with Crippen LogP contribution in [0.4, 0.5) is 0 Å². The molecule has 94 valence electrons. The van der Waals surface area contributed by atoms with Gasteiger partial charge in [0.2, 0.25) is 0 Å². The Morgan fingerprint density at radius 1 is 0.895 bits per heavy atom. The quantitative estimate of drug-likeness (QED) is 0.683. The molecule has 0 aliphatic carbocycles. The summed E-state index contributed by atoms with van der Waals surface area (Å²) in [5, 5.41) is 8.37. The standard InChI is InChI=1S/C18H17N/c1-19-12-6-11-18-16-9-4-2-7-14(16)13-15-8-3-5-10-17(15)18/h2-11,13,19H,12H2,1H3. The number of nitrogens with one attached hydrogen (secondary N) is 1. The smallest absolute Gasteiger partial charge is 0.0135 e. The third-order valence-electron chi connectivity index (χ3n) is 3.42. The fourth-order valence-corrected chi connectivity index (χ4v) is 2.52. The van der Waals surface area contributed by atoms with Gasteiger partial charge in [0.1, 0.15) is 0 Å². The molecule has 0 saturated carbocycles. The van der Waals surface area contributed by atoms with E-state index in [0.29, 0.717) is 0 Å². The Bertz CT molecular complexity index is 687. The Kier molecular flexibility index (Phi) is 3.30. The van der Waals surface area contributed by atoms with E-state index in [1.807, 2.05) is 7.05 Å². The van der Waals surface area contributed by atoms with E-state index in [1.54, 1.807) is 0 Å². The van der Waals surface area contributed by atoms with Crippen molar-refractivity contribution >= 4 is 27.6 Å². The number of fused-ring (bicyclic) bond motifs is 2. The molecule has 0 saturated heterocycles. The monoisotopic (exact) mass is 247 g/mol. The van der Waals surface area contributed by atoms with Gasteiger partial charge in [-0.25, -0.2) is 0 Å². The van der Waals surface area contributed by atoms with E-state index in [1.165, 1.54) is 27.1 Å². The average molecular weight is 247 g/mol. The Morgan fingerprint density at radius 2 is 1.47 bits per heavy atom. The Labute approximate surface area is 113 Å². The molecule has 0 spiro atoms. The van der Waals surface area contributed by atoms with Gasteiger partial charge >= 0.3 is 0 Å². The summed E-state index contributed by atoms with van der Waals surface area (Å²) >= 11 is 0. The summed E-state index contributed by atoms with van der Waals surface area (Å²) in [6, 6.07) is 19.4. The fraction of sp³-hybridized carbons (Fsp3) is 0.111. The maximum atomic E-state index is 3.15. The van der Waals surface area contributed by atoms with Crippen LogP contribution >= 0.6 is 0 Å². The number of likely N-dealkylation sites (N-methyl/N-ethyl adjacent to an activating group) is 1. The summed E-state index contributed by atoms with van der Waals surface area (Å²) in [7, 11) is 1.96. The third kappa shape index (κ3) is 2.25. The van der Waals surface area contributed by atoms with Gasteiger partial charge in [0.05, 0.1) is 0 Å². The van der Waals surface area contributed by atoms with Crippen LogP contribution in [0, 0.1) is 0 Å². The van der Waals surface area contributed by atoms with Crippen LogP contribution in [-0.2, 0) is 0 Å². The Balaban J connectivity index is 2.33. The van der Waals surface area contributed by atoms with Crippen LogP contribution in [0.1, 0.15) is 5.56 Å². The van der Waals surface area contributed by atoms with Gasteiger partial charge in [-0.15, -0.1) is 0 Å². The van der Waals surface area contributed by atoms with Gasteiger partial charge in [-0.3, -0.25) is 0 Å². The highest BCUT2D eigenvalue weighted by molar-refractivity contribution is 6.06. The molecule has 3 rings (SSSR count). The first kappa shape index (κ1) is 11.9. The second kappa shape index (κ2) is 5.25. The summed E-state index contributed by atoms with van der Waals surface area (Å²) in [6.07, 6.45) is 4.40. The minimum atomic E-state index is 0.886. The maximum absolute atomic E-state index is 3.15. The molecule has 0 fully saturated rings. The summed E-state index contributed by atoms with van der Waals surface area (Å²) in [4.78, 5) is 0. The van der Waals surface area contributed by atoms with Gasteiger partial charge in [-0.1, -0.05) is 60.7 Å². The lowest BCUT2D eigenvalue weighted by atomic mass is 9.96. The summed E-state index contributed by atoms with van der Waals surface area (Å²) in [5.74, 6) is 0. The van der Waals surface area contributed by atoms with Crippen molar-refractivity contribution in [3.05, 3.63) is 66.2 Å². The first-order valence-electron chi connectivity index (χ1n) is 6.62. The van der Waals surface area contributed by atoms with Crippen molar-refractivity contribution in [2.24, 2.45) is 0 Å². The van der Waals surface area contributed by atoms with Crippen LogP contribution in [0.5, 0.6) is 0 Å². The average Bonchev–Trinajstić information content (AvgIpc) is 2.46. The molecule has 0 amide bonds. The van der Waals surface area contributed by atoms with Crippen LogP contribution in [0.2, 0.25) is 0 Å². The van der Waals surface area contributed by atoms with Crippen molar-refractivity contribution in [1.82, 2.24) is 5.32 Å². The largest absolute Gasteiger partial charge is 0.316 e. The third-order valence-corrected chi connectivity index (χ3v) is 3.42. The van der Waals surface area contributed by atoms with Crippen molar-refractivity contribution in [1.29, 1.82) is 0 Å². The van der Waals surface area contributed by atoms with Gasteiger partial charge < -0.3 is 5.32 Å². The molecule has 1 N–H and O–H groups in total. The molecule has 0 unspecified atom stereocenters. The first-order chi connectivity index (χ1) is 9.40. The van der Waals surface area contributed by atoms with E-state index in [-0.39, 0.29) is 0 Å². The highest BCUT2D eigenvalue weighted by Gasteiger charge is 2.03. The van der Waals surface area contributed by atoms with Crippen molar-refractivity contribution in [2.75, 3.05) is 13.6 Å². The Hall–Kier alpha value is -2.12. The molecule has 0 atom stereocenters.